The number of rotatable bonds is 4. The van der Waals surface area contributed by atoms with Gasteiger partial charge in [0.25, 0.3) is 0 Å². The number of hydrogen-bond acceptors (Lipinski definition) is 1. The molecule has 2 aromatic carbocycles. The summed E-state index contributed by atoms with van der Waals surface area (Å²) >= 11 is 12.0. The summed E-state index contributed by atoms with van der Waals surface area (Å²) in [5.41, 5.74) is 2.36. The van der Waals surface area contributed by atoms with Crippen molar-refractivity contribution in [3.8, 4) is 0 Å². The Kier molecular flexibility index (Phi) is 4.87. The van der Waals surface area contributed by atoms with Crippen molar-refractivity contribution in [2.75, 3.05) is 0 Å². The average Bonchev–Trinajstić information content (AvgIpc) is 2.38. The molecule has 19 heavy (non-hydrogen) atoms. The highest BCUT2D eigenvalue weighted by Gasteiger charge is 2.11. The molecule has 0 radical (unpaired) electrons. The van der Waals surface area contributed by atoms with Gasteiger partial charge in [-0.3, -0.25) is 0 Å². The topological polar surface area (TPSA) is 12.0 Å². The first kappa shape index (κ1) is 14.4. The van der Waals surface area contributed by atoms with Crippen LogP contribution in [0.15, 0.2) is 48.5 Å². The van der Waals surface area contributed by atoms with Gasteiger partial charge in [-0.15, -0.1) is 0 Å². The molecule has 0 saturated carbocycles. The Hall–Kier alpha value is -1.02. The third kappa shape index (κ3) is 3.97. The van der Waals surface area contributed by atoms with Crippen LogP contribution in [0.25, 0.3) is 0 Å². The fourth-order valence-corrected chi connectivity index (χ4v) is 2.52. The minimum absolute atomic E-state index is 0.229. The maximum atomic E-state index is 6.02. The summed E-state index contributed by atoms with van der Waals surface area (Å²) in [5, 5.41) is 5.08. The molecule has 0 heterocycles. The van der Waals surface area contributed by atoms with Crippen LogP contribution in [0, 0.1) is 0 Å². The van der Waals surface area contributed by atoms with Gasteiger partial charge < -0.3 is 5.32 Å². The Morgan fingerprint density at radius 1 is 0.789 bits per heavy atom. The quantitative estimate of drug-likeness (QED) is 0.795. The second-order valence-corrected chi connectivity index (χ2v) is 5.59. The van der Waals surface area contributed by atoms with Gasteiger partial charge >= 0.3 is 0 Å². The van der Waals surface area contributed by atoms with Crippen LogP contribution in [0.5, 0.6) is 0 Å². The Morgan fingerprint density at radius 3 is 1.58 bits per heavy atom. The molecule has 2 atom stereocenters. The number of benzene rings is 2. The third-order valence-electron chi connectivity index (χ3n) is 3.20. The lowest BCUT2D eigenvalue weighted by molar-refractivity contribution is 0.495. The van der Waals surface area contributed by atoms with Gasteiger partial charge in [-0.1, -0.05) is 47.5 Å². The van der Waals surface area contributed by atoms with Gasteiger partial charge in [0.05, 0.1) is 0 Å². The van der Waals surface area contributed by atoms with E-state index in [2.05, 4.69) is 31.3 Å². The highest BCUT2D eigenvalue weighted by atomic mass is 35.5. The van der Waals surface area contributed by atoms with E-state index in [4.69, 9.17) is 23.2 Å². The van der Waals surface area contributed by atoms with Crippen molar-refractivity contribution in [3.05, 3.63) is 69.7 Å². The van der Waals surface area contributed by atoms with E-state index in [9.17, 15) is 0 Å². The average molecular weight is 294 g/mol. The second-order valence-electron chi connectivity index (χ2n) is 4.72. The van der Waals surface area contributed by atoms with E-state index in [0.717, 1.165) is 10.0 Å². The molecule has 0 aliphatic carbocycles. The maximum Gasteiger partial charge on any atom is 0.0409 e. The molecule has 0 aliphatic rings. The Bertz CT molecular complexity index is 504. The Labute approximate surface area is 124 Å². The normalized spacial score (nSPS) is 14.1. The second kappa shape index (κ2) is 6.42. The molecule has 0 bridgehead atoms. The summed E-state index contributed by atoms with van der Waals surface area (Å²) in [5.74, 6) is 0. The van der Waals surface area contributed by atoms with Crippen LogP contribution in [-0.2, 0) is 0 Å². The fraction of sp³-hybridized carbons (Fsp3) is 0.250. The molecule has 2 rings (SSSR count). The molecule has 2 aromatic rings. The first-order valence-electron chi connectivity index (χ1n) is 6.33. The molecule has 3 heteroatoms. The molecule has 0 aromatic heterocycles. The van der Waals surface area contributed by atoms with Crippen LogP contribution in [0.2, 0.25) is 10.0 Å². The summed E-state index contributed by atoms with van der Waals surface area (Å²) in [6, 6.07) is 16.3. The Morgan fingerprint density at radius 2 is 1.21 bits per heavy atom. The van der Waals surface area contributed by atoms with Crippen molar-refractivity contribution in [1.82, 2.24) is 5.32 Å². The van der Waals surface area contributed by atoms with Crippen molar-refractivity contribution in [2.24, 2.45) is 0 Å². The van der Waals surface area contributed by atoms with Crippen LogP contribution in [0.3, 0.4) is 0 Å². The summed E-state index contributed by atoms with van der Waals surface area (Å²) in [7, 11) is 0. The first-order valence-corrected chi connectivity index (χ1v) is 7.09. The SMILES string of the molecule is CC(N[C@@H](C)c1cccc(Cl)c1)c1cccc(Cl)c1. The molecule has 0 fully saturated rings. The van der Waals surface area contributed by atoms with E-state index in [1.165, 1.54) is 11.1 Å². The van der Waals surface area contributed by atoms with Crippen LogP contribution in [0.4, 0.5) is 0 Å². The first-order chi connectivity index (χ1) is 9.06. The fourth-order valence-electron chi connectivity index (χ4n) is 2.12. The molecule has 1 N–H and O–H groups in total. The number of halogens is 2. The smallest absolute Gasteiger partial charge is 0.0409 e. The third-order valence-corrected chi connectivity index (χ3v) is 3.67. The summed E-state index contributed by atoms with van der Waals surface area (Å²) in [4.78, 5) is 0. The highest BCUT2D eigenvalue weighted by molar-refractivity contribution is 6.30. The van der Waals surface area contributed by atoms with Crippen LogP contribution in [0.1, 0.15) is 37.1 Å². The van der Waals surface area contributed by atoms with E-state index >= 15 is 0 Å². The van der Waals surface area contributed by atoms with Gasteiger partial charge in [0, 0.05) is 22.1 Å². The van der Waals surface area contributed by atoms with Gasteiger partial charge in [-0.05, 0) is 49.2 Å². The van der Waals surface area contributed by atoms with Gasteiger partial charge in [0.2, 0.25) is 0 Å². The van der Waals surface area contributed by atoms with Crippen molar-refractivity contribution in [1.29, 1.82) is 0 Å². The van der Waals surface area contributed by atoms with Crippen molar-refractivity contribution >= 4 is 23.2 Å². The predicted molar refractivity (Wildman–Crippen MR) is 82.9 cm³/mol. The number of nitrogens with one attached hydrogen (secondary N) is 1. The van der Waals surface area contributed by atoms with Gasteiger partial charge in [0.1, 0.15) is 0 Å². The monoisotopic (exact) mass is 293 g/mol. The lowest BCUT2D eigenvalue weighted by atomic mass is 10.0. The lowest BCUT2D eigenvalue weighted by Crippen LogP contribution is -2.22. The molecule has 0 spiro atoms. The molecular weight excluding hydrogens is 277 g/mol. The minimum atomic E-state index is 0.229. The molecule has 1 nitrogen and oxygen atoms in total. The van der Waals surface area contributed by atoms with E-state index in [1.54, 1.807) is 0 Å². The Balaban J connectivity index is 2.08. The van der Waals surface area contributed by atoms with Crippen molar-refractivity contribution in [3.63, 3.8) is 0 Å². The van der Waals surface area contributed by atoms with Crippen LogP contribution >= 0.6 is 23.2 Å². The molecule has 1 unspecified atom stereocenters. The molecular formula is C16H17Cl2N. The standard InChI is InChI=1S/C16H17Cl2N/c1-11(13-5-3-7-15(17)9-13)19-12(2)14-6-4-8-16(18)10-14/h3-12,19H,1-2H3/t11-,12?/m0/s1. The van der Waals surface area contributed by atoms with E-state index in [-0.39, 0.29) is 12.1 Å². The molecule has 0 amide bonds. The molecule has 100 valence electrons. The van der Waals surface area contributed by atoms with Crippen molar-refractivity contribution in [2.45, 2.75) is 25.9 Å². The van der Waals surface area contributed by atoms with Crippen molar-refractivity contribution < 1.29 is 0 Å². The highest BCUT2D eigenvalue weighted by Crippen LogP contribution is 2.23. The molecule has 0 saturated heterocycles. The maximum absolute atomic E-state index is 6.02. The van der Waals surface area contributed by atoms with Gasteiger partial charge in [-0.25, -0.2) is 0 Å². The van der Waals surface area contributed by atoms with Gasteiger partial charge in [0.15, 0.2) is 0 Å². The summed E-state index contributed by atoms with van der Waals surface area (Å²) in [6.07, 6.45) is 0. The summed E-state index contributed by atoms with van der Waals surface area (Å²) < 4.78 is 0. The van der Waals surface area contributed by atoms with Gasteiger partial charge in [-0.2, -0.15) is 0 Å². The molecule has 0 aliphatic heterocycles. The zero-order valence-electron chi connectivity index (χ0n) is 11.0. The predicted octanol–water partition coefficient (Wildman–Crippen LogP) is 5.41. The van der Waals surface area contributed by atoms with Crippen LogP contribution in [-0.4, -0.2) is 0 Å². The van der Waals surface area contributed by atoms with E-state index < -0.39 is 0 Å². The van der Waals surface area contributed by atoms with E-state index in [1.807, 2.05) is 36.4 Å². The zero-order chi connectivity index (χ0) is 13.8. The number of hydrogen-bond donors (Lipinski definition) is 1. The van der Waals surface area contributed by atoms with Crippen LogP contribution < -0.4 is 5.32 Å². The largest absolute Gasteiger partial charge is 0.304 e. The lowest BCUT2D eigenvalue weighted by Gasteiger charge is -2.21. The summed E-state index contributed by atoms with van der Waals surface area (Å²) in [6.45, 7) is 4.26. The zero-order valence-corrected chi connectivity index (χ0v) is 12.5. The minimum Gasteiger partial charge on any atom is -0.304 e. The van der Waals surface area contributed by atoms with E-state index in [0.29, 0.717) is 0 Å².